The largest absolute Gasteiger partial charge is 0.493 e. The molecule has 164 valence electrons. The first kappa shape index (κ1) is 21.9. The van der Waals surface area contributed by atoms with Crippen molar-refractivity contribution in [2.24, 2.45) is 5.92 Å². The summed E-state index contributed by atoms with van der Waals surface area (Å²) in [5.74, 6) is 0.816. The molecule has 1 aromatic carbocycles. The van der Waals surface area contributed by atoms with E-state index in [0.717, 1.165) is 0 Å². The van der Waals surface area contributed by atoms with Gasteiger partial charge in [0.15, 0.2) is 11.5 Å². The number of methoxy groups -OCH3 is 3. The molecular formula is C22H26N4O5. The fourth-order valence-corrected chi connectivity index (χ4v) is 3.26. The Morgan fingerprint density at radius 3 is 2.35 bits per heavy atom. The SMILES string of the molecule is COc1cc2cc(C(=O)NC(C(=O)Nc3ccccn3)C(C)C)[nH]c2c(OC)c1OC. The molecule has 0 spiro atoms. The lowest BCUT2D eigenvalue weighted by Gasteiger charge is -2.21. The second-order valence-corrected chi connectivity index (χ2v) is 7.19. The van der Waals surface area contributed by atoms with Gasteiger partial charge in [-0.1, -0.05) is 19.9 Å². The summed E-state index contributed by atoms with van der Waals surface area (Å²) < 4.78 is 16.2. The second-order valence-electron chi connectivity index (χ2n) is 7.19. The average molecular weight is 426 g/mol. The summed E-state index contributed by atoms with van der Waals surface area (Å²) in [6, 6.07) is 7.87. The zero-order valence-corrected chi connectivity index (χ0v) is 18.1. The van der Waals surface area contributed by atoms with Crippen molar-refractivity contribution in [1.82, 2.24) is 15.3 Å². The summed E-state index contributed by atoms with van der Waals surface area (Å²) in [5, 5.41) is 6.23. The number of benzene rings is 1. The summed E-state index contributed by atoms with van der Waals surface area (Å²) in [5.41, 5.74) is 0.865. The quantitative estimate of drug-likeness (QED) is 0.510. The Hall–Kier alpha value is -3.75. The van der Waals surface area contributed by atoms with Crippen LogP contribution in [0.2, 0.25) is 0 Å². The monoisotopic (exact) mass is 426 g/mol. The number of anilines is 1. The van der Waals surface area contributed by atoms with E-state index in [4.69, 9.17) is 14.2 Å². The first-order valence-electron chi connectivity index (χ1n) is 9.74. The number of nitrogens with one attached hydrogen (secondary N) is 3. The Morgan fingerprint density at radius 1 is 1.03 bits per heavy atom. The zero-order chi connectivity index (χ0) is 22.5. The molecule has 2 amide bonds. The maximum absolute atomic E-state index is 13.0. The molecule has 2 heterocycles. The number of aromatic amines is 1. The third-order valence-corrected chi connectivity index (χ3v) is 4.82. The third kappa shape index (κ3) is 4.55. The normalized spacial score (nSPS) is 11.8. The lowest BCUT2D eigenvalue weighted by Crippen LogP contribution is -2.47. The summed E-state index contributed by atoms with van der Waals surface area (Å²) in [4.78, 5) is 32.8. The van der Waals surface area contributed by atoms with Crippen LogP contribution in [0.3, 0.4) is 0 Å². The molecule has 0 aliphatic heterocycles. The van der Waals surface area contributed by atoms with E-state index in [-0.39, 0.29) is 17.5 Å². The maximum Gasteiger partial charge on any atom is 0.268 e. The number of carbonyl (C=O) groups excluding carboxylic acids is 2. The van der Waals surface area contributed by atoms with Gasteiger partial charge in [0.2, 0.25) is 11.7 Å². The van der Waals surface area contributed by atoms with Crippen molar-refractivity contribution < 1.29 is 23.8 Å². The Morgan fingerprint density at radius 2 is 1.77 bits per heavy atom. The van der Waals surface area contributed by atoms with Crippen molar-refractivity contribution >= 4 is 28.5 Å². The molecule has 1 atom stereocenters. The molecule has 0 saturated carbocycles. The van der Waals surface area contributed by atoms with Gasteiger partial charge in [-0.3, -0.25) is 9.59 Å². The average Bonchev–Trinajstić information content (AvgIpc) is 3.20. The van der Waals surface area contributed by atoms with Crippen LogP contribution in [0.15, 0.2) is 36.5 Å². The molecule has 0 aliphatic carbocycles. The van der Waals surface area contributed by atoms with Gasteiger partial charge in [0.1, 0.15) is 17.6 Å². The number of carbonyl (C=O) groups is 2. The van der Waals surface area contributed by atoms with E-state index in [0.29, 0.717) is 34.0 Å². The molecule has 31 heavy (non-hydrogen) atoms. The number of H-pyrrole nitrogens is 1. The zero-order valence-electron chi connectivity index (χ0n) is 18.1. The van der Waals surface area contributed by atoms with Gasteiger partial charge in [-0.15, -0.1) is 0 Å². The van der Waals surface area contributed by atoms with Crippen LogP contribution in [-0.4, -0.2) is 49.2 Å². The Bertz CT molecular complexity index is 1080. The van der Waals surface area contributed by atoms with Crippen LogP contribution in [0.1, 0.15) is 24.3 Å². The van der Waals surface area contributed by atoms with E-state index < -0.39 is 11.9 Å². The summed E-state index contributed by atoms with van der Waals surface area (Å²) in [6.45, 7) is 3.71. The predicted octanol–water partition coefficient (Wildman–Crippen LogP) is 2.98. The fraction of sp³-hybridized carbons (Fsp3) is 0.318. The van der Waals surface area contributed by atoms with Gasteiger partial charge in [0, 0.05) is 11.6 Å². The Balaban J connectivity index is 1.87. The number of aromatic nitrogens is 2. The van der Waals surface area contributed by atoms with Gasteiger partial charge in [-0.25, -0.2) is 4.98 Å². The summed E-state index contributed by atoms with van der Waals surface area (Å²) >= 11 is 0. The molecule has 9 heteroatoms. The van der Waals surface area contributed by atoms with Crippen LogP contribution in [0.4, 0.5) is 5.82 Å². The number of amides is 2. The van der Waals surface area contributed by atoms with Crippen LogP contribution in [-0.2, 0) is 4.79 Å². The maximum atomic E-state index is 13.0. The number of ether oxygens (including phenoxy) is 3. The van der Waals surface area contributed by atoms with E-state index in [2.05, 4.69) is 20.6 Å². The molecular weight excluding hydrogens is 400 g/mol. The number of hydrogen-bond acceptors (Lipinski definition) is 6. The highest BCUT2D eigenvalue weighted by Crippen LogP contribution is 2.43. The summed E-state index contributed by atoms with van der Waals surface area (Å²) in [6.07, 6.45) is 1.58. The minimum Gasteiger partial charge on any atom is -0.493 e. The molecule has 3 N–H and O–H groups in total. The van der Waals surface area contributed by atoms with Gasteiger partial charge in [-0.2, -0.15) is 0 Å². The first-order chi connectivity index (χ1) is 14.9. The van der Waals surface area contributed by atoms with E-state index in [9.17, 15) is 9.59 Å². The smallest absolute Gasteiger partial charge is 0.268 e. The Kier molecular flexibility index (Phi) is 6.64. The van der Waals surface area contributed by atoms with Crippen LogP contribution in [0.25, 0.3) is 10.9 Å². The van der Waals surface area contributed by atoms with E-state index in [1.807, 2.05) is 13.8 Å². The van der Waals surface area contributed by atoms with Crippen molar-refractivity contribution in [3.63, 3.8) is 0 Å². The lowest BCUT2D eigenvalue weighted by molar-refractivity contribution is -0.118. The van der Waals surface area contributed by atoms with Gasteiger partial charge >= 0.3 is 0 Å². The van der Waals surface area contributed by atoms with E-state index >= 15 is 0 Å². The highest BCUT2D eigenvalue weighted by molar-refractivity contribution is 6.03. The van der Waals surface area contributed by atoms with Crippen molar-refractivity contribution in [3.8, 4) is 17.2 Å². The molecule has 3 aromatic rings. The topological polar surface area (TPSA) is 115 Å². The minimum absolute atomic E-state index is 0.147. The highest BCUT2D eigenvalue weighted by atomic mass is 16.5. The van der Waals surface area contributed by atoms with Crippen LogP contribution < -0.4 is 24.8 Å². The molecule has 0 saturated heterocycles. The van der Waals surface area contributed by atoms with Gasteiger partial charge in [0.25, 0.3) is 5.91 Å². The van der Waals surface area contributed by atoms with Crippen LogP contribution in [0.5, 0.6) is 17.2 Å². The number of hydrogen-bond donors (Lipinski definition) is 3. The molecule has 3 rings (SSSR count). The molecule has 1 unspecified atom stereocenters. The first-order valence-corrected chi connectivity index (χ1v) is 9.74. The highest BCUT2D eigenvalue weighted by Gasteiger charge is 2.26. The van der Waals surface area contributed by atoms with E-state index in [1.165, 1.54) is 21.3 Å². The predicted molar refractivity (Wildman–Crippen MR) is 117 cm³/mol. The number of rotatable bonds is 8. The van der Waals surface area contributed by atoms with E-state index in [1.54, 1.807) is 36.5 Å². The molecule has 0 bridgehead atoms. The van der Waals surface area contributed by atoms with Gasteiger partial charge in [0.05, 0.1) is 26.8 Å². The summed E-state index contributed by atoms with van der Waals surface area (Å²) in [7, 11) is 4.54. The molecule has 0 fully saturated rings. The molecule has 0 aliphatic rings. The number of fused-ring (bicyclic) bond motifs is 1. The van der Waals surface area contributed by atoms with Crippen molar-refractivity contribution in [2.75, 3.05) is 26.6 Å². The molecule has 9 nitrogen and oxygen atoms in total. The van der Waals surface area contributed by atoms with Crippen molar-refractivity contribution in [3.05, 3.63) is 42.2 Å². The lowest BCUT2D eigenvalue weighted by atomic mass is 10.0. The molecule has 0 radical (unpaired) electrons. The van der Waals surface area contributed by atoms with Crippen LogP contribution >= 0.6 is 0 Å². The minimum atomic E-state index is -0.758. The molecule has 2 aromatic heterocycles. The third-order valence-electron chi connectivity index (χ3n) is 4.82. The second kappa shape index (κ2) is 9.38. The van der Waals surface area contributed by atoms with Crippen LogP contribution in [0, 0.1) is 5.92 Å². The van der Waals surface area contributed by atoms with Gasteiger partial charge in [-0.05, 0) is 30.2 Å². The fourth-order valence-electron chi connectivity index (χ4n) is 3.26. The Labute approximate surface area is 180 Å². The standard InChI is InChI=1S/C22H26N4O5/c1-12(2)17(22(28)25-16-8-6-7-9-23-16)26-21(27)14-10-13-11-15(29-3)19(30-4)20(31-5)18(13)24-14/h6-12,17,24H,1-5H3,(H,26,27)(H,23,25,28). The number of pyridine rings is 1. The number of nitrogens with zero attached hydrogens (tertiary/aromatic N) is 1. The van der Waals surface area contributed by atoms with Gasteiger partial charge < -0.3 is 29.8 Å². The van der Waals surface area contributed by atoms with Crippen molar-refractivity contribution in [1.29, 1.82) is 0 Å². The van der Waals surface area contributed by atoms with Crippen molar-refractivity contribution in [2.45, 2.75) is 19.9 Å².